The number of benzene rings is 1. The van der Waals surface area contributed by atoms with Crippen molar-refractivity contribution >= 4 is 22.4 Å². The standard InChI is InChI=1S/C13H20N2O4S.ClH/c1-4-14-10(3)7-15-20(16,17)13-6-12-11(5-9(13)2)18-8-19-12;/h5-6,10,14-15H,4,7-8H2,1-3H3;1H/t10-;/m1./s1. The summed E-state index contributed by atoms with van der Waals surface area (Å²) in [5, 5.41) is 3.15. The molecular formula is C13H21ClN2O4S. The largest absolute Gasteiger partial charge is 0.454 e. The van der Waals surface area contributed by atoms with Crippen molar-refractivity contribution in [3.05, 3.63) is 17.7 Å². The van der Waals surface area contributed by atoms with Gasteiger partial charge in [0.05, 0.1) is 4.90 Å². The molecule has 1 aliphatic heterocycles. The lowest BCUT2D eigenvalue weighted by molar-refractivity contribution is 0.174. The highest BCUT2D eigenvalue weighted by molar-refractivity contribution is 7.89. The first-order chi connectivity index (χ1) is 9.44. The van der Waals surface area contributed by atoms with Crippen LogP contribution in [0.2, 0.25) is 0 Å². The van der Waals surface area contributed by atoms with Gasteiger partial charge >= 0.3 is 0 Å². The average molecular weight is 337 g/mol. The second-order valence-corrected chi connectivity index (χ2v) is 6.52. The van der Waals surface area contributed by atoms with Gasteiger partial charge in [-0.2, -0.15) is 0 Å². The van der Waals surface area contributed by atoms with Crippen LogP contribution in [0.1, 0.15) is 19.4 Å². The summed E-state index contributed by atoms with van der Waals surface area (Å²) in [6, 6.07) is 3.27. The minimum absolute atomic E-state index is 0. The van der Waals surface area contributed by atoms with E-state index in [0.717, 1.165) is 6.54 Å². The molecule has 1 aliphatic rings. The lowest BCUT2D eigenvalue weighted by Crippen LogP contribution is -2.38. The summed E-state index contributed by atoms with van der Waals surface area (Å²) >= 11 is 0. The molecular weight excluding hydrogens is 316 g/mol. The van der Waals surface area contributed by atoms with E-state index in [2.05, 4.69) is 10.0 Å². The van der Waals surface area contributed by atoms with Gasteiger partial charge in [-0.1, -0.05) is 6.92 Å². The molecule has 0 aliphatic carbocycles. The number of halogens is 1. The highest BCUT2D eigenvalue weighted by Crippen LogP contribution is 2.36. The van der Waals surface area contributed by atoms with E-state index in [1.807, 2.05) is 13.8 Å². The van der Waals surface area contributed by atoms with Gasteiger partial charge in [-0.15, -0.1) is 12.4 Å². The van der Waals surface area contributed by atoms with Crippen molar-refractivity contribution in [2.75, 3.05) is 19.9 Å². The molecule has 0 spiro atoms. The third kappa shape index (κ3) is 4.23. The van der Waals surface area contributed by atoms with Crippen LogP contribution in [0.4, 0.5) is 0 Å². The monoisotopic (exact) mass is 336 g/mol. The van der Waals surface area contributed by atoms with Crippen molar-refractivity contribution < 1.29 is 17.9 Å². The van der Waals surface area contributed by atoms with Crippen molar-refractivity contribution in [2.45, 2.75) is 31.7 Å². The molecule has 8 heteroatoms. The summed E-state index contributed by atoms with van der Waals surface area (Å²) in [4.78, 5) is 0.227. The molecule has 0 fully saturated rings. The molecule has 1 aromatic carbocycles. The number of nitrogens with one attached hydrogen (secondary N) is 2. The minimum atomic E-state index is -3.55. The lowest BCUT2D eigenvalue weighted by atomic mass is 10.2. The number of ether oxygens (including phenoxy) is 2. The van der Waals surface area contributed by atoms with Gasteiger partial charge in [0.15, 0.2) is 11.5 Å². The quantitative estimate of drug-likeness (QED) is 0.821. The summed E-state index contributed by atoms with van der Waals surface area (Å²) in [5.74, 6) is 1.05. The average Bonchev–Trinajstić information content (AvgIpc) is 2.83. The van der Waals surface area contributed by atoms with E-state index in [9.17, 15) is 8.42 Å². The van der Waals surface area contributed by atoms with Crippen molar-refractivity contribution in [2.24, 2.45) is 0 Å². The van der Waals surface area contributed by atoms with E-state index >= 15 is 0 Å². The highest BCUT2D eigenvalue weighted by Gasteiger charge is 2.23. The zero-order chi connectivity index (χ0) is 14.8. The maximum Gasteiger partial charge on any atom is 0.241 e. The zero-order valence-electron chi connectivity index (χ0n) is 12.3. The molecule has 1 aromatic rings. The maximum absolute atomic E-state index is 12.3. The Hall–Kier alpha value is -1.02. The molecule has 0 amide bonds. The Morgan fingerprint density at radius 3 is 2.52 bits per heavy atom. The van der Waals surface area contributed by atoms with Crippen LogP contribution in [-0.2, 0) is 10.0 Å². The Morgan fingerprint density at radius 2 is 1.90 bits per heavy atom. The first-order valence-corrected chi connectivity index (χ1v) is 8.05. The number of fused-ring (bicyclic) bond motifs is 1. The molecule has 6 nitrogen and oxygen atoms in total. The summed E-state index contributed by atoms with van der Waals surface area (Å²) in [5.41, 5.74) is 0.637. The van der Waals surface area contributed by atoms with Crippen LogP contribution in [0.5, 0.6) is 11.5 Å². The Labute approximate surface area is 131 Å². The molecule has 0 saturated heterocycles. The first kappa shape index (κ1) is 18.0. The lowest BCUT2D eigenvalue weighted by Gasteiger charge is -2.15. The van der Waals surface area contributed by atoms with Crippen molar-refractivity contribution in [3.63, 3.8) is 0 Å². The molecule has 2 N–H and O–H groups in total. The topological polar surface area (TPSA) is 76.7 Å². The van der Waals surface area contributed by atoms with Crippen LogP contribution in [-0.4, -0.2) is 34.3 Å². The van der Waals surface area contributed by atoms with Gasteiger partial charge in [-0.05, 0) is 32.0 Å². The number of sulfonamides is 1. The summed E-state index contributed by atoms with van der Waals surface area (Å²) < 4.78 is 37.7. The fourth-order valence-electron chi connectivity index (χ4n) is 2.05. The van der Waals surface area contributed by atoms with Crippen molar-refractivity contribution in [1.82, 2.24) is 10.0 Å². The van der Waals surface area contributed by atoms with Crippen LogP contribution in [0.3, 0.4) is 0 Å². The number of hydrogen-bond donors (Lipinski definition) is 2. The molecule has 2 rings (SSSR count). The summed E-state index contributed by atoms with van der Waals surface area (Å²) in [6.07, 6.45) is 0. The SMILES string of the molecule is CCN[C@H](C)CNS(=O)(=O)c1cc2c(cc1C)OCO2.Cl. The van der Waals surface area contributed by atoms with E-state index in [1.165, 1.54) is 6.07 Å². The molecule has 120 valence electrons. The van der Waals surface area contributed by atoms with E-state index < -0.39 is 10.0 Å². The fourth-order valence-corrected chi connectivity index (χ4v) is 3.42. The zero-order valence-corrected chi connectivity index (χ0v) is 13.9. The fraction of sp³-hybridized carbons (Fsp3) is 0.538. The molecule has 0 aromatic heterocycles. The van der Waals surface area contributed by atoms with Crippen LogP contribution >= 0.6 is 12.4 Å². The Kier molecular flexibility index (Phi) is 6.27. The van der Waals surface area contributed by atoms with Gasteiger partial charge in [0, 0.05) is 18.7 Å². The molecule has 1 atom stereocenters. The molecule has 21 heavy (non-hydrogen) atoms. The summed E-state index contributed by atoms with van der Waals surface area (Å²) in [6.45, 7) is 6.91. The smallest absolute Gasteiger partial charge is 0.241 e. The third-order valence-electron chi connectivity index (χ3n) is 3.09. The number of rotatable bonds is 6. The second kappa shape index (κ2) is 7.31. The Morgan fingerprint density at radius 1 is 1.29 bits per heavy atom. The number of hydrogen-bond acceptors (Lipinski definition) is 5. The molecule has 0 unspecified atom stereocenters. The number of likely N-dealkylation sites (N-methyl/N-ethyl adjacent to an activating group) is 1. The minimum Gasteiger partial charge on any atom is -0.454 e. The maximum atomic E-state index is 12.3. The Balaban J connectivity index is 0.00000220. The van der Waals surface area contributed by atoms with E-state index in [1.54, 1.807) is 13.0 Å². The normalized spacial score (nSPS) is 14.6. The van der Waals surface area contributed by atoms with E-state index in [0.29, 0.717) is 23.6 Å². The predicted octanol–water partition coefficient (Wildman–Crippen LogP) is 1.42. The van der Waals surface area contributed by atoms with Crippen LogP contribution in [0.25, 0.3) is 0 Å². The van der Waals surface area contributed by atoms with Gasteiger partial charge in [-0.3, -0.25) is 0 Å². The van der Waals surface area contributed by atoms with Gasteiger partial charge in [-0.25, -0.2) is 13.1 Å². The van der Waals surface area contributed by atoms with E-state index in [-0.39, 0.29) is 30.1 Å². The van der Waals surface area contributed by atoms with Crippen molar-refractivity contribution in [3.8, 4) is 11.5 Å². The molecule has 0 saturated carbocycles. The number of aryl methyl sites for hydroxylation is 1. The highest BCUT2D eigenvalue weighted by atomic mass is 35.5. The van der Waals surface area contributed by atoms with Gasteiger partial charge in [0.2, 0.25) is 16.8 Å². The molecule has 1 heterocycles. The van der Waals surface area contributed by atoms with Gasteiger partial charge < -0.3 is 14.8 Å². The third-order valence-corrected chi connectivity index (χ3v) is 4.66. The second-order valence-electron chi connectivity index (χ2n) is 4.78. The van der Waals surface area contributed by atoms with Crippen LogP contribution in [0.15, 0.2) is 17.0 Å². The Bertz CT molecular complexity index is 592. The van der Waals surface area contributed by atoms with Gasteiger partial charge in [0.25, 0.3) is 0 Å². The molecule has 0 bridgehead atoms. The summed E-state index contributed by atoms with van der Waals surface area (Å²) in [7, 11) is -3.55. The van der Waals surface area contributed by atoms with Crippen LogP contribution < -0.4 is 19.5 Å². The predicted molar refractivity (Wildman–Crippen MR) is 82.9 cm³/mol. The van der Waals surface area contributed by atoms with Gasteiger partial charge in [0.1, 0.15) is 0 Å². The van der Waals surface area contributed by atoms with Crippen molar-refractivity contribution in [1.29, 1.82) is 0 Å². The first-order valence-electron chi connectivity index (χ1n) is 6.57. The molecule has 0 radical (unpaired) electrons. The van der Waals surface area contributed by atoms with E-state index in [4.69, 9.17) is 9.47 Å². The van der Waals surface area contributed by atoms with Crippen LogP contribution in [0, 0.1) is 6.92 Å².